The zero-order valence-electron chi connectivity index (χ0n) is 19.2. The molecule has 3 aromatic heterocycles. The van der Waals surface area contributed by atoms with Gasteiger partial charge in [0.1, 0.15) is 22.8 Å². The van der Waals surface area contributed by atoms with E-state index in [2.05, 4.69) is 15.0 Å². The molecule has 14 heteroatoms. The fourth-order valence-electron chi connectivity index (χ4n) is 3.65. The molecule has 4 rings (SSSR count). The van der Waals surface area contributed by atoms with Gasteiger partial charge in [0, 0.05) is 11.6 Å². The highest BCUT2D eigenvalue weighted by Gasteiger charge is 2.39. The molecule has 8 nitrogen and oxygen atoms in total. The van der Waals surface area contributed by atoms with E-state index in [0.29, 0.717) is 24.4 Å². The summed E-state index contributed by atoms with van der Waals surface area (Å²) in [5.41, 5.74) is 0.662. The van der Waals surface area contributed by atoms with Gasteiger partial charge in [-0.15, -0.1) is 0 Å². The summed E-state index contributed by atoms with van der Waals surface area (Å²) in [7, 11) is -4.58. The third-order valence-corrected chi connectivity index (χ3v) is 7.07. The van der Waals surface area contributed by atoms with Crippen LogP contribution < -0.4 is 4.72 Å². The molecule has 0 aliphatic heterocycles. The monoisotopic (exact) mass is 536 g/mol. The third kappa shape index (κ3) is 4.87. The van der Waals surface area contributed by atoms with Crippen LogP contribution in [0.2, 0.25) is 0 Å². The molecule has 37 heavy (non-hydrogen) atoms. The summed E-state index contributed by atoms with van der Waals surface area (Å²) in [5, 5.41) is 10.1. The van der Waals surface area contributed by atoms with Crippen LogP contribution in [-0.2, 0) is 16.4 Å². The standard InChI is InChI=1S/C23H17F5N6O2S/c1-3-13-6-20-16(7-18(13)25)17(8-29)21(34(20)22-31-9-14(24)10-32-22)19-5-4-15(11-30-19)37(35,36)33-12(2)23(26,27)28/h4-7,9-12,33H,3H2,1-2H3/t12-/m0/s1. The van der Waals surface area contributed by atoms with Crippen LogP contribution in [0, 0.1) is 23.0 Å². The average molecular weight is 536 g/mol. The molecule has 0 radical (unpaired) electrons. The average Bonchev–Trinajstić information content (AvgIpc) is 3.16. The molecule has 0 fully saturated rings. The van der Waals surface area contributed by atoms with Crippen LogP contribution in [0.1, 0.15) is 25.0 Å². The number of fused-ring (bicyclic) bond motifs is 1. The van der Waals surface area contributed by atoms with Crippen LogP contribution in [0.3, 0.4) is 0 Å². The second kappa shape index (κ2) is 9.49. The fraction of sp³-hybridized carbons (Fsp3) is 0.217. The number of aromatic nitrogens is 4. The molecule has 1 N–H and O–H groups in total. The lowest BCUT2D eigenvalue weighted by Gasteiger charge is -2.17. The van der Waals surface area contributed by atoms with E-state index in [4.69, 9.17) is 0 Å². The largest absolute Gasteiger partial charge is 0.404 e. The Morgan fingerprint density at radius 1 is 1.11 bits per heavy atom. The first-order valence-electron chi connectivity index (χ1n) is 10.7. The summed E-state index contributed by atoms with van der Waals surface area (Å²) >= 11 is 0. The van der Waals surface area contributed by atoms with E-state index < -0.39 is 38.8 Å². The lowest BCUT2D eigenvalue weighted by Crippen LogP contribution is -2.42. The van der Waals surface area contributed by atoms with E-state index in [9.17, 15) is 35.6 Å². The number of rotatable bonds is 6. The third-order valence-electron chi connectivity index (χ3n) is 5.55. The van der Waals surface area contributed by atoms with Gasteiger partial charge in [-0.1, -0.05) is 6.92 Å². The summed E-state index contributed by atoms with van der Waals surface area (Å²) in [5.74, 6) is -1.36. The first-order valence-corrected chi connectivity index (χ1v) is 12.2. The fourth-order valence-corrected chi connectivity index (χ4v) is 4.83. The van der Waals surface area contributed by atoms with Crippen LogP contribution in [0.15, 0.2) is 47.8 Å². The van der Waals surface area contributed by atoms with Crippen molar-refractivity contribution in [3.63, 3.8) is 0 Å². The van der Waals surface area contributed by atoms with Crippen molar-refractivity contribution in [3.05, 3.63) is 65.6 Å². The zero-order chi connectivity index (χ0) is 27.1. The lowest BCUT2D eigenvalue weighted by atomic mass is 10.1. The Balaban J connectivity index is 1.92. The van der Waals surface area contributed by atoms with Gasteiger partial charge in [0.15, 0.2) is 5.82 Å². The number of nitrogens with zero attached hydrogens (tertiary/aromatic N) is 5. The van der Waals surface area contributed by atoms with Crippen molar-refractivity contribution in [3.8, 4) is 23.4 Å². The van der Waals surface area contributed by atoms with E-state index in [-0.39, 0.29) is 28.3 Å². The van der Waals surface area contributed by atoms with Crippen LogP contribution in [0.5, 0.6) is 0 Å². The molecule has 0 saturated carbocycles. The van der Waals surface area contributed by atoms with Gasteiger partial charge in [0.05, 0.1) is 34.9 Å². The van der Waals surface area contributed by atoms with Crippen molar-refractivity contribution in [2.75, 3.05) is 0 Å². The van der Waals surface area contributed by atoms with Gasteiger partial charge in [0.2, 0.25) is 16.0 Å². The normalized spacial score (nSPS) is 13.0. The Kier molecular flexibility index (Phi) is 6.70. The summed E-state index contributed by atoms with van der Waals surface area (Å²) in [6.07, 6.45) is -1.86. The van der Waals surface area contributed by atoms with Gasteiger partial charge in [-0.05, 0) is 43.2 Å². The molecular weight excluding hydrogens is 519 g/mol. The van der Waals surface area contributed by atoms with Gasteiger partial charge in [0.25, 0.3) is 0 Å². The first-order chi connectivity index (χ1) is 17.4. The van der Waals surface area contributed by atoms with Crippen molar-refractivity contribution < 1.29 is 30.4 Å². The van der Waals surface area contributed by atoms with Crippen LogP contribution in [-0.4, -0.2) is 40.2 Å². The van der Waals surface area contributed by atoms with E-state index in [1.807, 2.05) is 6.07 Å². The van der Waals surface area contributed by atoms with E-state index >= 15 is 0 Å². The van der Waals surface area contributed by atoms with Crippen LogP contribution in [0.25, 0.3) is 28.2 Å². The van der Waals surface area contributed by atoms with Gasteiger partial charge in [-0.3, -0.25) is 9.55 Å². The minimum atomic E-state index is -4.80. The number of halogens is 5. The van der Waals surface area contributed by atoms with Crippen molar-refractivity contribution in [1.82, 2.24) is 24.2 Å². The van der Waals surface area contributed by atoms with E-state index in [1.54, 1.807) is 6.92 Å². The second-order valence-corrected chi connectivity index (χ2v) is 9.66. The summed E-state index contributed by atoms with van der Waals surface area (Å²) < 4.78 is 94.4. The first kappa shape index (κ1) is 26.1. The molecule has 0 unspecified atom stereocenters. The molecule has 192 valence electrons. The van der Waals surface area contributed by atoms with Gasteiger partial charge in [-0.25, -0.2) is 27.2 Å². The number of alkyl halides is 3. The number of pyridine rings is 1. The van der Waals surface area contributed by atoms with Crippen molar-refractivity contribution in [2.45, 2.75) is 37.4 Å². The Bertz CT molecular complexity index is 1630. The van der Waals surface area contributed by atoms with Crippen molar-refractivity contribution >= 4 is 20.9 Å². The smallest absolute Gasteiger partial charge is 0.275 e. The predicted octanol–water partition coefficient (Wildman–Crippen LogP) is 4.42. The molecule has 4 aromatic rings. The number of hydrogen-bond acceptors (Lipinski definition) is 6. The van der Waals surface area contributed by atoms with E-state index in [1.165, 1.54) is 21.4 Å². The Morgan fingerprint density at radius 3 is 2.32 bits per heavy atom. The quantitative estimate of drug-likeness (QED) is 0.365. The van der Waals surface area contributed by atoms with Crippen molar-refractivity contribution in [1.29, 1.82) is 5.26 Å². The predicted molar refractivity (Wildman–Crippen MR) is 122 cm³/mol. The summed E-state index contributed by atoms with van der Waals surface area (Å²) in [6.45, 7) is 2.38. The Hall–Kier alpha value is -3.96. The topological polar surface area (TPSA) is 114 Å². The molecule has 1 aromatic carbocycles. The highest BCUT2D eigenvalue weighted by Crippen LogP contribution is 2.36. The minimum absolute atomic E-state index is 0.0157. The highest BCUT2D eigenvalue weighted by molar-refractivity contribution is 7.89. The molecule has 0 aliphatic carbocycles. The molecule has 3 heterocycles. The molecule has 0 spiro atoms. The maximum atomic E-state index is 14.6. The molecule has 0 aliphatic rings. The number of benzene rings is 1. The van der Waals surface area contributed by atoms with Gasteiger partial charge in [-0.2, -0.15) is 23.2 Å². The number of sulfonamides is 1. The maximum Gasteiger partial charge on any atom is 0.404 e. The molecule has 1 atom stereocenters. The number of aryl methyl sites for hydroxylation is 1. The minimum Gasteiger partial charge on any atom is -0.275 e. The zero-order valence-corrected chi connectivity index (χ0v) is 20.0. The Morgan fingerprint density at radius 2 is 1.78 bits per heavy atom. The summed E-state index contributed by atoms with van der Waals surface area (Å²) in [4.78, 5) is 11.4. The van der Waals surface area contributed by atoms with Crippen LogP contribution >= 0.6 is 0 Å². The Labute approximate surface area is 207 Å². The molecule has 0 amide bonds. The van der Waals surface area contributed by atoms with E-state index in [0.717, 1.165) is 30.7 Å². The SMILES string of the molecule is CCc1cc2c(cc1F)c(C#N)c(-c1ccc(S(=O)(=O)N[C@@H](C)C(F)(F)F)cn1)n2-c1ncc(F)cn1. The summed E-state index contributed by atoms with van der Waals surface area (Å²) in [6, 6.07) is 4.48. The molecule has 0 saturated heterocycles. The highest BCUT2D eigenvalue weighted by atomic mass is 32.2. The number of hydrogen-bond donors (Lipinski definition) is 1. The van der Waals surface area contributed by atoms with Crippen molar-refractivity contribution in [2.24, 2.45) is 0 Å². The molecular formula is C23H17F5N6O2S. The number of nitrogens with one attached hydrogen (secondary N) is 1. The van der Waals surface area contributed by atoms with Crippen LogP contribution in [0.4, 0.5) is 22.0 Å². The lowest BCUT2D eigenvalue weighted by molar-refractivity contribution is -0.147. The van der Waals surface area contributed by atoms with Gasteiger partial charge < -0.3 is 0 Å². The number of nitriles is 1. The van der Waals surface area contributed by atoms with Gasteiger partial charge >= 0.3 is 6.18 Å². The maximum absolute atomic E-state index is 14.6. The second-order valence-electron chi connectivity index (χ2n) is 7.95. The molecule has 0 bridgehead atoms.